The number of hydrazine groups is 1. The first-order valence-corrected chi connectivity index (χ1v) is 11.2. The fourth-order valence-corrected chi connectivity index (χ4v) is 4.97. The normalized spacial score (nSPS) is 20.5. The lowest BCUT2D eigenvalue weighted by Gasteiger charge is -2.32. The molecular weight excluding hydrogens is 364 g/mol. The van der Waals surface area contributed by atoms with Crippen LogP contribution in [0.3, 0.4) is 0 Å². The standard InChI is InChI=1S/C19H30N4O3S/c1-15-8-9-17(27(25,26)21-16-6-4-3-5-7-16)14-18(15)19(24)20-23-12-10-22(2)11-13-23/h8-9,14,16,21H,3-7,10-13H2,1-2H3,(H,20,24). The van der Waals surface area contributed by atoms with E-state index in [2.05, 4.69) is 22.1 Å². The first kappa shape index (κ1) is 20.3. The van der Waals surface area contributed by atoms with Crippen molar-refractivity contribution in [2.45, 2.75) is 50.0 Å². The maximum absolute atomic E-state index is 12.8. The molecular formula is C19H30N4O3S. The summed E-state index contributed by atoms with van der Waals surface area (Å²) in [7, 11) is -1.57. The molecule has 8 heteroatoms. The molecule has 1 saturated carbocycles. The molecule has 1 aromatic carbocycles. The van der Waals surface area contributed by atoms with Gasteiger partial charge in [-0.25, -0.2) is 18.1 Å². The Bertz CT molecular complexity index is 767. The molecule has 2 N–H and O–H groups in total. The lowest BCUT2D eigenvalue weighted by atomic mass is 9.96. The van der Waals surface area contributed by atoms with Gasteiger partial charge in [0.2, 0.25) is 10.0 Å². The number of nitrogens with zero attached hydrogens (tertiary/aromatic N) is 2. The second-order valence-electron chi connectivity index (χ2n) is 7.66. The molecule has 1 amide bonds. The highest BCUT2D eigenvalue weighted by molar-refractivity contribution is 7.89. The summed E-state index contributed by atoms with van der Waals surface area (Å²) in [6.45, 7) is 5.10. The first-order chi connectivity index (χ1) is 12.8. The van der Waals surface area contributed by atoms with Crippen LogP contribution in [-0.2, 0) is 10.0 Å². The predicted octanol–water partition coefficient (Wildman–Crippen LogP) is 1.50. The summed E-state index contributed by atoms with van der Waals surface area (Å²) in [4.78, 5) is 15.1. The van der Waals surface area contributed by atoms with Gasteiger partial charge in [0.05, 0.1) is 4.90 Å². The van der Waals surface area contributed by atoms with E-state index in [1.165, 1.54) is 12.5 Å². The number of carbonyl (C=O) groups excluding carboxylic acids is 1. The van der Waals surface area contributed by atoms with E-state index in [0.29, 0.717) is 5.56 Å². The lowest BCUT2D eigenvalue weighted by molar-refractivity contribution is 0.0661. The van der Waals surface area contributed by atoms with Crippen molar-refractivity contribution in [1.29, 1.82) is 0 Å². The van der Waals surface area contributed by atoms with Crippen LogP contribution < -0.4 is 10.1 Å². The average molecular weight is 395 g/mol. The van der Waals surface area contributed by atoms with E-state index in [4.69, 9.17) is 0 Å². The van der Waals surface area contributed by atoms with Crippen molar-refractivity contribution >= 4 is 15.9 Å². The van der Waals surface area contributed by atoms with Crippen molar-refractivity contribution < 1.29 is 13.2 Å². The summed E-state index contributed by atoms with van der Waals surface area (Å²) in [5, 5.41) is 1.89. The molecule has 1 heterocycles. The largest absolute Gasteiger partial charge is 0.304 e. The Labute approximate surface area is 162 Å². The summed E-state index contributed by atoms with van der Waals surface area (Å²) >= 11 is 0. The summed E-state index contributed by atoms with van der Waals surface area (Å²) in [5.41, 5.74) is 4.07. The lowest BCUT2D eigenvalue weighted by Crippen LogP contribution is -2.52. The van der Waals surface area contributed by atoms with Gasteiger partial charge in [-0.3, -0.25) is 10.2 Å². The van der Waals surface area contributed by atoms with Crippen LogP contribution in [-0.4, -0.2) is 63.5 Å². The van der Waals surface area contributed by atoms with Gasteiger partial charge >= 0.3 is 0 Å². The number of likely N-dealkylation sites (N-methyl/N-ethyl adjacent to an activating group) is 1. The van der Waals surface area contributed by atoms with Gasteiger partial charge < -0.3 is 4.90 Å². The van der Waals surface area contributed by atoms with Crippen molar-refractivity contribution in [3.63, 3.8) is 0 Å². The number of benzene rings is 1. The summed E-state index contributed by atoms with van der Waals surface area (Å²) in [6.07, 6.45) is 5.03. The quantitative estimate of drug-likeness (QED) is 0.791. The third-order valence-corrected chi connectivity index (χ3v) is 6.97. The summed E-state index contributed by atoms with van der Waals surface area (Å²) in [5.74, 6) is -0.258. The number of sulfonamides is 1. The Morgan fingerprint density at radius 2 is 1.74 bits per heavy atom. The van der Waals surface area contributed by atoms with E-state index < -0.39 is 10.0 Å². The number of nitrogens with one attached hydrogen (secondary N) is 2. The molecule has 0 unspecified atom stereocenters. The molecule has 0 aromatic heterocycles. The van der Waals surface area contributed by atoms with Crippen molar-refractivity contribution in [2.24, 2.45) is 0 Å². The highest BCUT2D eigenvalue weighted by Crippen LogP contribution is 2.21. The van der Waals surface area contributed by atoms with Crippen LogP contribution in [0.4, 0.5) is 0 Å². The second-order valence-corrected chi connectivity index (χ2v) is 9.38. The van der Waals surface area contributed by atoms with E-state index >= 15 is 0 Å². The number of amides is 1. The summed E-state index contributed by atoms with van der Waals surface area (Å²) < 4.78 is 28.3. The van der Waals surface area contributed by atoms with E-state index in [1.807, 2.05) is 11.9 Å². The molecule has 27 heavy (non-hydrogen) atoms. The van der Waals surface area contributed by atoms with Crippen molar-refractivity contribution in [1.82, 2.24) is 20.1 Å². The molecule has 0 radical (unpaired) electrons. The SMILES string of the molecule is Cc1ccc(S(=O)(=O)NC2CCCCC2)cc1C(=O)NN1CCN(C)CC1. The van der Waals surface area contributed by atoms with Crippen molar-refractivity contribution in [3.05, 3.63) is 29.3 Å². The molecule has 7 nitrogen and oxygen atoms in total. The molecule has 2 aliphatic rings. The van der Waals surface area contributed by atoms with Crippen LogP contribution in [0.1, 0.15) is 48.0 Å². The maximum atomic E-state index is 12.8. The fraction of sp³-hybridized carbons (Fsp3) is 0.632. The summed E-state index contributed by atoms with van der Waals surface area (Å²) in [6, 6.07) is 4.76. The van der Waals surface area contributed by atoms with Gasteiger partial charge in [-0.05, 0) is 44.5 Å². The number of hydrogen-bond donors (Lipinski definition) is 2. The third-order valence-electron chi connectivity index (χ3n) is 5.45. The monoisotopic (exact) mass is 394 g/mol. The Morgan fingerprint density at radius 1 is 1.07 bits per heavy atom. The van der Waals surface area contributed by atoms with Gasteiger partial charge in [0.1, 0.15) is 0 Å². The van der Waals surface area contributed by atoms with Gasteiger partial charge in [0.25, 0.3) is 5.91 Å². The van der Waals surface area contributed by atoms with Gasteiger partial charge in [0.15, 0.2) is 0 Å². The molecule has 0 spiro atoms. The van der Waals surface area contributed by atoms with Crippen LogP contribution in [0.15, 0.2) is 23.1 Å². The van der Waals surface area contributed by atoms with E-state index in [9.17, 15) is 13.2 Å². The molecule has 0 bridgehead atoms. The average Bonchev–Trinajstić information content (AvgIpc) is 2.64. The number of hydrogen-bond acceptors (Lipinski definition) is 5. The highest BCUT2D eigenvalue weighted by Gasteiger charge is 2.24. The van der Waals surface area contributed by atoms with Crippen molar-refractivity contribution in [3.8, 4) is 0 Å². The van der Waals surface area contributed by atoms with Gasteiger partial charge in [0, 0.05) is 37.8 Å². The smallest absolute Gasteiger partial charge is 0.265 e. The number of carbonyl (C=O) groups is 1. The molecule has 1 aliphatic heterocycles. The van der Waals surface area contributed by atoms with Gasteiger partial charge in [-0.15, -0.1) is 0 Å². The Kier molecular flexibility index (Phi) is 6.52. The number of piperazine rings is 1. The highest BCUT2D eigenvalue weighted by atomic mass is 32.2. The van der Waals surface area contributed by atoms with Crippen LogP contribution in [0.25, 0.3) is 0 Å². The topological polar surface area (TPSA) is 81.7 Å². The molecule has 1 aliphatic carbocycles. The number of rotatable bonds is 5. The Hall–Kier alpha value is -1.48. The maximum Gasteiger partial charge on any atom is 0.265 e. The minimum absolute atomic E-state index is 0.00679. The minimum Gasteiger partial charge on any atom is -0.304 e. The van der Waals surface area contributed by atoms with Crippen molar-refractivity contribution in [2.75, 3.05) is 33.2 Å². The molecule has 1 aromatic rings. The number of aryl methyl sites for hydroxylation is 1. The second kappa shape index (κ2) is 8.68. The fourth-order valence-electron chi connectivity index (χ4n) is 3.64. The van der Waals surface area contributed by atoms with Gasteiger partial charge in [-0.2, -0.15) is 0 Å². The zero-order valence-electron chi connectivity index (χ0n) is 16.2. The minimum atomic E-state index is -3.62. The van der Waals surface area contributed by atoms with Crippen LogP contribution in [0.2, 0.25) is 0 Å². The zero-order valence-corrected chi connectivity index (χ0v) is 17.0. The van der Waals surface area contributed by atoms with Gasteiger partial charge in [-0.1, -0.05) is 25.3 Å². The Morgan fingerprint density at radius 3 is 2.41 bits per heavy atom. The van der Waals surface area contributed by atoms with Crippen LogP contribution in [0.5, 0.6) is 0 Å². The Balaban J connectivity index is 1.72. The van der Waals surface area contributed by atoms with Crippen LogP contribution >= 0.6 is 0 Å². The molecule has 3 rings (SSSR count). The predicted molar refractivity (Wildman–Crippen MR) is 105 cm³/mol. The van der Waals surface area contributed by atoms with E-state index in [-0.39, 0.29) is 16.8 Å². The van der Waals surface area contributed by atoms with Crippen LogP contribution in [0, 0.1) is 6.92 Å². The molecule has 2 fully saturated rings. The first-order valence-electron chi connectivity index (χ1n) is 9.72. The molecule has 150 valence electrons. The zero-order chi connectivity index (χ0) is 19.4. The van der Waals surface area contributed by atoms with E-state index in [1.54, 1.807) is 12.1 Å². The molecule has 1 saturated heterocycles. The molecule has 0 atom stereocenters. The third kappa shape index (κ3) is 5.28. The van der Waals surface area contributed by atoms with E-state index in [0.717, 1.165) is 57.4 Å².